The Bertz CT molecular complexity index is 312. The van der Waals surface area contributed by atoms with Crippen LogP contribution < -0.4 is 0 Å². The second kappa shape index (κ2) is 7.03. The SMILES string of the molecule is CCN1CCCC[C@@H]1[C@H](C)c1ccccc1.Cl. The average Bonchev–Trinajstić information content (AvgIpc) is 2.39. The molecule has 1 saturated heterocycles. The molecule has 2 atom stereocenters. The van der Waals surface area contributed by atoms with Gasteiger partial charge in [-0.2, -0.15) is 0 Å². The zero-order chi connectivity index (χ0) is 11.4. The molecule has 17 heavy (non-hydrogen) atoms. The molecule has 1 aliphatic rings. The molecule has 0 saturated carbocycles. The molecule has 1 fully saturated rings. The molecular formula is C15H24ClN. The van der Waals surface area contributed by atoms with Crippen LogP contribution in [0.25, 0.3) is 0 Å². The summed E-state index contributed by atoms with van der Waals surface area (Å²) in [6, 6.07) is 11.7. The van der Waals surface area contributed by atoms with Crippen molar-refractivity contribution in [2.75, 3.05) is 13.1 Å². The first kappa shape index (κ1) is 14.5. The zero-order valence-corrected chi connectivity index (χ0v) is 11.7. The standard InChI is InChI=1S/C15H23N.ClH/c1-3-16-12-8-7-11-15(16)13(2)14-9-5-4-6-10-14;/h4-6,9-10,13,15H,3,7-8,11-12H2,1-2H3;1H/t13-,15-;/m1./s1. The van der Waals surface area contributed by atoms with Gasteiger partial charge in [0.15, 0.2) is 0 Å². The second-order valence-electron chi connectivity index (χ2n) is 4.89. The number of benzene rings is 1. The highest BCUT2D eigenvalue weighted by Gasteiger charge is 2.26. The number of hydrogen-bond donors (Lipinski definition) is 0. The van der Waals surface area contributed by atoms with Gasteiger partial charge in [0.05, 0.1) is 0 Å². The normalized spacial score (nSPS) is 22.8. The average molecular weight is 254 g/mol. The third-order valence-electron chi connectivity index (χ3n) is 3.97. The van der Waals surface area contributed by atoms with Crippen LogP contribution in [0.5, 0.6) is 0 Å². The summed E-state index contributed by atoms with van der Waals surface area (Å²) in [5.41, 5.74) is 1.49. The molecule has 1 nitrogen and oxygen atoms in total. The molecule has 0 aromatic heterocycles. The van der Waals surface area contributed by atoms with E-state index in [9.17, 15) is 0 Å². The number of rotatable bonds is 3. The highest BCUT2D eigenvalue weighted by atomic mass is 35.5. The summed E-state index contributed by atoms with van der Waals surface area (Å²) in [5, 5.41) is 0. The van der Waals surface area contributed by atoms with Crippen molar-refractivity contribution in [2.24, 2.45) is 0 Å². The molecule has 0 spiro atoms. The lowest BCUT2D eigenvalue weighted by Crippen LogP contribution is -2.42. The van der Waals surface area contributed by atoms with E-state index >= 15 is 0 Å². The van der Waals surface area contributed by atoms with E-state index in [-0.39, 0.29) is 12.4 Å². The Morgan fingerprint density at radius 3 is 2.59 bits per heavy atom. The van der Waals surface area contributed by atoms with Crippen molar-refractivity contribution in [3.8, 4) is 0 Å². The predicted molar refractivity (Wildman–Crippen MR) is 77.0 cm³/mol. The van der Waals surface area contributed by atoms with Crippen molar-refractivity contribution in [3.63, 3.8) is 0 Å². The highest BCUT2D eigenvalue weighted by Crippen LogP contribution is 2.29. The summed E-state index contributed by atoms with van der Waals surface area (Å²) < 4.78 is 0. The van der Waals surface area contributed by atoms with Crippen molar-refractivity contribution in [3.05, 3.63) is 35.9 Å². The van der Waals surface area contributed by atoms with E-state index in [1.54, 1.807) is 0 Å². The summed E-state index contributed by atoms with van der Waals surface area (Å²) in [7, 11) is 0. The topological polar surface area (TPSA) is 3.24 Å². The van der Waals surface area contributed by atoms with E-state index in [0.29, 0.717) is 5.92 Å². The lowest BCUT2D eigenvalue weighted by Gasteiger charge is -2.38. The summed E-state index contributed by atoms with van der Waals surface area (Å²) in [6.45, 7) is 7.16. The molecule has 1 aliphatic heterocycles. The first-order chi connectivity index (χ1) is 7.83. The quantitative estimate of drug-likeness (QED) is 0.785. The molecule has 1 heterocycles. The van der Waals surface area contributed by atoms with E-state index in [0.717, 1.165) is 6.04 Å². The van der Waals surface area contributed by atoms with Crippen LogP contribution in [0.15, 0.2) is 30.3 Å². The molecule has 0 aliphatic carbocycles. The number of piperidine rings is 1. The maximum absolute atomic E-state index is 2.65. The van der Waals surface area contributed by atoms with Crippen molar-refractivity contribution in [1.82, 2.24) is 4.90 Å². The molecule has 0 bridgehead atoms. The summed E-state index contributed by atoms with van der Waals surface area (Å²) >= 11 is 0. The smallest absolute Gasteiger partial charge is 0.0161 e. The Kier molecular flexibility index (Phi) is 6.01. The van der Waals surface area contributed by atoms with Gasteiger partial charge in [-0.1, -0.05) is 50.6 Å². The fourth-order valence-corrected chi connectivity index (χ4v) is 2.95. The Morgan fingerprint density at radius 1 is 1.24 bits per heavy atom. The molecule has 0 N–H and O–H groups in total. The largest absolute Gasteiger partial charge is 0.300 e. The van der Waals surface area contributed by atoms with Gasteiger partial charge in [0.25, 0.3) is 0 Å². The van der Waals surface area contributed by atoms with E-state index in [1.807, 2.05) is 0 Å². The van der Waals surface area contributed by atoms with E-state index in [2.05, 4.69) is 49.1 Å². The maximum Gasteiger partial charge on any atom is 0.0161 e. The summed E-state index contributed by atoms with van der Waals surface area (Å²) in [5.74, 6) is 0.668. The lowest BCUT2D eigenvalue weighted by molar-refractivity contribution is 0.137. The second-order valence-corrected chi connectivity index (χ2v) is 4.89. The number of likely N-dealkylation sites (tertiary alicyclic amines) is 1. The molecule has 0 radical (unpaired) electrons. The Labute approximate surface area is 112 Å². The highest BCUT2D eigenvalue weighted by molar-refractivity contribution is 5.85. The maximum atomic E-state index is 2.65. The number of hydrogen-bond acceptors (Lipinski definition) is 1. The van der Waals surface area contributed by atoms with E-state index in [1.165, 1.54) is 37.9 Å². The molecule has 2 rings (SSSR count). The molecule has 96 valence electrons. The van der Waals surface area contributed by atoms with Gasteiger partial charge in [-0.25, -0.2) is 0 Å². The van der Waals surface area contributed by atoms with Crippen molar-refractivity contribution < 1.29 is 0 Å². The number of likely N-dealkylation sites (N-methyl/N-ethyl adjacent to an activating group) is 1. The number of nitrogens with zero attached hydrogens (tertiary/aromatic N) is 1. The van der Waals surface area contributed by atoms with Crippen LogP contribution in [0.1, 0.15) is 44.6 Å². The van der Waals surface area contributed by atoms with Gasteiger partial charge in [-0.3, -0.25) is 0 Å². The molecule has 2 heteroatoms. The van der Waals surface area contributed by atoms with Crippen molar-refractivity contribution in [1.29, 1.82) is 0 Å². The van der Waals surface area contributed by atoms with Crippen LogP contribution >= 0.6 is 12.4 Å². The predicted octanol–water partition coefficient (Wildman–Crippen LogP) is 4.09. The van der Waals surface area contributed by atoms with Gasteiger partial charge in [-0.15, -0.1) is 12.4 Å². The first-order valence-corrected chi connectivity index (χ1v) is 6.62. The molecular weight excluding hydrogens is 230 g/mol. The van der Waals surface area contributed by atoms with Gasteiger partial charge in [0, 0.05) is 6.04 Å². The first-order valence-electron chi connectivity index (χ1n) is 6.62. The molecule has 1 aromatic rings. The van der Waals surface area contributed by atoms with Gasteiger partial charge in [0.1, 0.15) is 0 Å². The van der Waals surface area contributed by atoms with Crippen LogP contribution in [0.3, 0.4) is 0 Å². The van der Waals surface area contributed by atoms with Gasteiger partial charge >= 0.3 is 0 Å². The fourth-order valence-electron chi connectivity index (χ4n) is 2.95. The minimum Gasteiger partial charge on any atom is -0.300 e. The minimum atomic E-state index is 0. The zero-order valence-electron chi connectivity index (χ0n) is 10.9. The Balaban J connectivity index is 0.00000144. The van der Waals surface area contributed by atoms with Crippen LogP contribution in [-0.4, -0.2) is 24.0 Å². The van der Waals surface area contributed by atoms with Crippen LogP contribution in [0, 0.1) is 0 Å². The van der Waals surface area contributed by atoms with Crippen LogP contribution in [0.4, 0.5) is 0 Å². The molecule has 1 aromatic carbocycles. The monoisotopic (exact) mass is 253 g/mol. The van der Waals surface area contributed by atoms with E-state index in [4.69, 9.17) is 0 Å². The van der Waals surface area contributed by atoms with Gasteiger partial charge < -0.3 is 4.90 Å². The number of halogens is 1. The third kappa shape index (κ3) is 3.46. The molecule has 0 unspecified atom stereocenters. The van der Waals surface area contributed by atoms with E-state index < -0.39 is 0 Å². The Hall–Kier alpha value is -0.530. The minimum absolute atomic E-state index is 0. The Morgan fingerprint density at radius 2 is 1.94 bits per heavy atom. The van der Waals surface area contributed by atoms with Gasteiger partial charge in [-0.05, 0) is 37.4 Å². The lowest BCUT2D eigenvalue weighted by atomic mass is 9.86. The fraction of sp³-hybridized carbons (Fsp3) is 0.600. The summed E-state index contributed by atoms with van der Waals surface area (Å²) in [4.78, 5) is 2.65. The van der Waals surface area contributed by atoms with Crippen LogP contribution in [0.2, 0.25) is 0 Å². The third-order valence-corrected chi connectivity index (χ3v) is 3.97. The van der Waals surface area contributed by atoms with Crippen LogP contribution in [-0.2, 0) is 0 Å². The van der Waals surface area contributed by atoms with Gasteiger partial charge in [0.2, 0.25) is 0 Å². The molecule has 0 amide bonds. The van der Waals surface area contributed by atoms with Crippen molar-refractivity contribution >= 4 is 12.4 Å². The van der Waals surface area contributed by atoms with Crippen molar-refractivity contribution in [2.45, 2.75) is 45.1 Å². The summed E-state index contributed by atoms with van der Waals surface area (Å²) in [6.07, 6.45) is 4.15.